The lowest BCUT2D eigenvalue weighted by molar-refractivity contribution is 0.460. The molecular weight excluding hydrogens is 272 g/mol. The summed E-state index contributed by atoms with van der Waals surface area (Å²) in [6.45, 7) is 4.10. The van der Waals surface area contributed by atoms with Crippen molar-refractivity contribution in [3.05, 3.63) is 83.9 Å². The third kappa shape index (κ3) is 3.67. The van der Waals surface area contributed by atoms with E-state index in [0.29, 0.717) is 0 Å². The predicted molar refractivity (Wildman–Crippen MR) is 88.9 cm³/mol. The van der Waals surface area contributed by atoms with Crippen LogP contribution in [0.1, 0.15) is 11.1 Å². The Morgan fingerprint density at radius 3 is 1.68 bits per heavy atom. The van der Waals surface area contributed by atoms with Crippen LogP contribution in [0.3, 0.4) is 0 Å². The topological polar surface area (TPSA) is 18.5 Å². The van der Waals surface area contributed by atoms with E-state index in [9.17, 15) is 0 Å². The minimum absolute atomic E-state index is 0.758. The molecule has 0 amide bonds. The maximum absolute atomic E-state index is 5.88. The van der Waals surface area contributed by atoms with Gasteiger partial charge in [0.25, 0.3) is 0 Å². The molecule has 0 aromatic heterocycles. The molecule has 3 rings (SSSR count). The number of ether oxygens (including phenoxy) is 2. The molecule has 0 heterocycles. The van der Waals surface area contributed by atoms with Crippen molar-refractivity contribution < 1.29 is 9.47 Å². The van der Waals surface area contributed by atoms with Crippen molar-refractivity contribution in [3.63, 3.8) is 0 Å². The van der Waals surface area contributed by atoms with Crippen LogP contribution in [0.5, 0.6) is 23.0 Å². The smallest absolute Gasteiger partial charge is 0.131 e. The number of aryl methyl sites for hydroxylation is 2. The van der Waals surface area contributed by atoms with Crippen LogP contribution >= 0.6 is 0 Å². The normalized spacial score (nSPS) is 10.3. The van der Waals surface area contributed by atoms with Crippen LogP contribution in [0.15, 0.2) is 72.8 Å². The molecule has 0 atom stereocenters. The van der Waals surface area contributed by atoms with E-state index in [1.165, 1.54) is 11.1 Å². The fraction of sp³-hybridized carbons (Fsp3) is 0.100. The van der Waals surface area contributed by atoms with Gasteiger partial charge in [-0.25, -0.2) is 0 Å². The third-order valence-electron chi connectivity index (χ3n) is 3.29. The maximum atomic E-state index is 5.88. The van der Waals surface area contributed by atoms with Gasteiger partial charge in [-0.15, -0.1) is 0 Å². The van der Waals surface area contributed by atoms with E-state index in [-0.39, 0.29) is 0 Å². The fourth-order valence-electron chi connectivity index (χ4n) is 2.16. The summed E-state index contributed by atoms with van der Waals surface area (Å²) in [7, 11) is 0. The Morgan fingerprint density at radius 2 is 1.05 bits per heavy atom. The molecule has 3 aromatic rings. The van der Waals surface area contributed by atoms with Crippen LogP contribution in [-0.2, 0) is 0 Å². The Bertz CT molecular complexity index is 761. The molecule has 0 spiro atoms. The van der Waals surface area contributed by atoms with Gasteiger partial charge in [0.2, 0.25) is 0 Å². The largest absolute Gasteiger partial charge is 0.457 e. The highest BCUT2D eigenvalue weighted by atomic mass is 16.5. The van der Waals surface area contributed by atoms with Gasteiger partial charge in [-0.2, -0.15) is 0 Å². The maximum Gasteiger partial charge on any atom is 0.131 e. The average molecular weight is 290 g/mol. The molecule has 3 aromatic carbocycles. The minimum Gasteiger partial charge on any atom is -0.457 e. The standard InChI is InChI=1S/C20H18O2/c1-15-9-11-17(12-10-15)21-19-7-4-8-20(14-19)22-18-6-3-5-16(2)13-18/h3-14H,1-2H3. The van der Waals surface area contributed by atoms with Crippen molar-refractivity contribution in [1.82, 2.24) is 0 Å². The lowest BCUT2D eigenvalue weighted by Crippen LogP contribution is -1.87. The van der Waals surface area contributed by atoms with Gasteiger partial charge in [-0.1, -0.05) is 35.9 Å². The van der Waals surface area contributed by atoms with Gasteiger partial charge in [0.05, 0.1) is 0 Å². The van der Waals surface area contributed by atoms with E-state index in [1.807, 2.05) is 79.7 Å². The van der Waals surface area contributed by atoms with Crippen LogP contribution in [0.2, 0.25) is 0 Å². The van der Waals surface area contributed by atoms with Gasteiger partial charge >= 0.3 is 0 Å². The van der Waals surface area contributed by atoms with Gasteiger partial charge in [-0.05, 0) is 55.8 Å². The number of benzene rings is 3. The first-order valence-corrected chi connectivity index (χ1v) is 7.28. The van der Waals surface area contributed by atoms with Gasteiger partial charge < -0.3 is 9.47 Å². The zero-order valence-corrected chi connectivity index (χ0v) is 12.7. The quantitative estimate of drug-likeness (QED) is 0.596. The first kappa shape index (κ1) is 14.2. The van der Waals surface area contributed by atoms with Crippen molar-refractivity contribution in [2.75, 3.05) is 0 Å². The second-order valence-electron chi connectivity index (χ2n) is 5.31. The van der Waals surface area contributed by atoms with Crippen LogP contribution in [0.4, 0.5) is 0 Å². The molecular formula is C20H18O2. The van der Waals surface area contributed by atoms with Gasteiger partial charge in [0, 0.05) is 6.07 Å². The summed E-state index contributed by atoms with van der Waals surface area (Å²) in [5.41, 5.74) is 2.38. The molecule has 0 bridgehead atoms. The Labute approximate surface area is 131 Å². The molecule has 22 heavy (non-hydrogen) atoms. The molecule has 0 saturated heterocycles. The van der Waals surface area contributed by atoms with Crippen LogP contribution in [-0.4, -0.2) is 0 Å². The molecule has 0 saturated carbocycles. The first-order valence-electron chi connectivity index (χ1n) is 7.28. The monoisotopic (exact) mass is 290 g/mol. The van der Waals surface area contributed by atoms with E-state index in [0.717, 1.165) is 23.0 Å². The Hall–Kier alpha value is -2.74. The van der Waals surface area contributed by atoms with E-state index >= 15 is 0 Å². The summed E-state index contributed by atoms with van der Waals surface area (Å²) in [6, 6.07) is 23.6. The molecule has 0 unspecified atom stereocenters. The summed E-state index contributed by atoms with van der Waals surface area (Å²) in [5.74, 6) is 3.16. The summed E-state index contributed by atoms with van der Waals surface area (Å²) in [5, 5.41) is 0. The van der Waals surface area contributed by atoms with Crippen molar-refractivity contribution in [1.29, 1.82) is 0 Å². The van der Waals surface area contributed by atoms with E-state index in [2.05, 4.69) is 6.92 Å². The summed E-state index contributed by atoms with van der Waals surface area (Å²) in [6.07, 6.45) is 0. The molecule has 110 valence electrons. The Balaban J connectivity index is 1.76. The van der Waals surface area contributed by atoms with Crippen molar-refractivity contribution in [3.8, 4) is 23.0 Å². The lowest BCUT2D eigenvalue weighted by atomic mass is 10.2. The highest BCUT2D eigenvalue weighted by Gasteiger charge is 2.02. The van der Waals surface area contributed by atoms with Gasteiger partial charge in [-0.3, -0.25) is 0 Å². The summed E-state index contributed by atoms with van der Waals surface area (Å²) >= 11 is 0. The zero-order valence-electron chi connectivity index (χ0n) is 12.7. The molecule has 0 aliphatic heterocycles. The number of hydrogen-bond acceptors (Lipinski definition) is 2. The van der Waals surface area contributed by atoms with E-state index in [4.69, 9.17) is 9.47 Å². The Morgan fingerprint density at radius 1 is 0.500 bits per heavy atom. The lowest BCUT2D eigenvalue weighted by Gasteiger charge is -2.09. The average Bonchev–Trinajstić information content (AvgIpc) is 2.50. The molecule has 0 aliphatic carbocycles. The van der Waals surface area contributed by atoms with Gasteiger partial charge in [0.15, 0.2) is 0 Å². The van der Waals surface area contributed by atoms with E-state index in [1.54, 1.807) is 0 Å². The van der Waals surface area contributed by atoms with Crippen LogP contribution < -0.4 is 9.47 Å². The van der Waals surface area contributed by atoms with E-state index < -0.39 is 0 Å². The second-order valence-corrected chi connectivity index (χ2v) is 5.31. The first-order chi connectivity index (χ1) is 10.7. The van der Waals surface area contributed by atoms with Crippen molar-refractivity contribution in [2.45, 2.75) is 13.8 Å². The third-order valence-corrected chi connectivity index (χ3v) is 3.29. The number of rotatable bonds is 4. The molecule has 2 nitrogen and oxygen atoms in total. The summed E-state index contributed by atoms with van der Waals surface area (Å²) in [4.78, 5) is 0. The fourth-order valence-corrected chi connectivity index (χ4v) is 2.16. The Kier molecular flexibility index (Phi) is 4.10. The second kappa shape index (κ2) is 6.35. The predicted octanol–water partition coefficient (Wildman–Crippen LogP) is 5.89. The minimum atomic E-state index is 0.758. The highest BCUT2D eigenvalue weighted by molar-refractivity contribution is 5.40. The van der Waals surface area contributed by atoms with Crippen molar-refractivity contribution in [2.24, 2.45) is 0 Å². The van der Waals surface area contributed by atoms with Gasteiger partial charge in [0.1, 0.15) is 23.0 Å². The molecule has 0 radical (unpaired) electrons. The van der Waals surface area contributed by atoms with Crippen molar-refractivity contribution >= 4 is 0 Å². The van der Waals surface area contributed by atoms with Crippen LogP contribution in [0.25, 0.3) is 0 Å². The molecule has 0 fully saturated rings. The zero-order chi connectivity index (χ0) is 15.4. The van der Waals surface area contributed by atoms with Crippen LogP contribution in [0, 0.1) is 13.8 Å². The molecule has 0 aliphatic rings. The number of hydrogen-bond donors (Lipinski definition) is 0. The molecule has 0 N–H and O–H groups in total. The SMILES string of the molecule is Cc1ccc(Oc2cccc(Oc3cccc(C)c3)c2)cc1. The summed E-state index contributed by atoms with van der Waals surface area (Å²) < 4.78 is 11.7. The highest BCUT2D eigenvalue weighted by Crippen LogP contribution is 2.28. The molecule has 2 heteroatoms.